The summed E-state index contributed by atoms with van der Waals surface area (Å²) in [4.78, 5) is 11.0. The highest BCUT2D eigenvalue weighted by molar-refractivity contribution is 5.75. The van der Waals surface area contributed by atoms with Crippen LogP contribution in [0.4, 0.5) is 0 Å². The second kappa shape index (κ2) is 7.84. The fourth-order valence-corrected chi connectivity index (χ4v) is 5.21. The van der Waals surface area contributed by atoms with E-state index < -0.39 is 0 Å². The van der Waals surface area contributed by atoms with Crippen LogP contribution in [0, 0.1) is 23.7 Å². The molecule has 0 N–H and O–H groups in total. The van der Waals surface area contributed by atoms with Crippen molar-refractivity contribution in [2.75, 3.05) is 0 Å². The van der Waals surface area contributed by atoms with Crippen LogP contribution in [-0.2, 0) is 9.53 Å². The molecule has 0 aromatic rings. The van der Waals surface area contributed by atoms with Crippen LogP contribution in [0.5, 0.6) is 0 Å². The van der Waals surface area contributed by atoms with Crippen molar-refractivity contribution in [1.82, 2.24) is 0 Å². The molecule has 2 nitrogen and oxygen atoms in total. The summed E-state index contributed by atoms with van der Waals surface area (Å²) in [5.74, 6) is 3.72. The van der Waals surface area contributed by atoms with Gasteiger partial charge in [-0.2, -0.15) is 0 Å². The van der Waals surface area contributed by atoms with Gasteiger partial charge in [-0.25, -0.2) is 0 Å². The number of hydrogen-bond donors (Lipinski definition) is 0. The predicted molar refractivity (Wildman–Crippen MR) is 89.5 cm³/mol. The Balaban J connectivity index is 1.33. The third-order valence-corrected chi connectivity index (χ3v) is 6.77. The Kier molecular flexibility index (Phi) is 5.82. The molecular formula is C20H34O2. The SMILES string of the molecule is CCCCC[C@H]1CC[C@H]([C@H]2CC[C@@H](C3CC(=O)O3)CC2)CC1. The molecule has 1 heterocycles. The van der Waals surface area contributed by atoms with Gasteiger partial charge in [0.05, 0.1) is 6.42 Å². The van der Waals surface area contributed by atoms with Gasteiger partial charge in [-0.05, 0) is 62.2 Å². The molecule has 2 heteroatoms. The molecule has 22 heavy (non-hydrogen) atoms. The normalized spacial score (nSPS) is 39.1. The lowest BCUT2D eigenvalue weighted by Crippen LogP contribution is -2.41. The van der Waals surface area contributed by atoms with E-state index in [0.717, 1.165) is 17.8 Å². The molecule has 0 bridgehead atoms. The number of ether oxygens (including phenoxy) is 1. The summed E-state index contributed by atoms with van der Waals surface area (Å²) >= 11 is 0. The van der Waals surface area contributed by atoms with Gasteiger partial charge in [0.1, 0.15) is 6.10 Å². The van der Waals surface area contributed by atoms with E-state index >= 15 is 0 Å². The van der Waals surface area contributed by atoms with E-state index in [0.29, 0.717) is 12.3 Å². The van der Waals surface area contributed by atoms with Gasteiger partial charge < -0.3 is 4.74 Å². The zero-order valence-electron chi connectivity index (χ0n) is 14.4. The summed E-state index contributed by atoms with van der Waals surface area (Å²) in [7, 11) is 0. The van der Waals surface area contributed by atoms with Crippen molar-refractivity contribution < 1.29 is 9.53 Å². The highest BCUT2D eigenvalue weighted by Crippen LogP contribution is 2.44. The van der Waals surface area contributed by atoms with Crippen LogP contribution in [0.15, 0.2) is 0 Å². The Morgan fingerprint density at radius 1 is 0.864 bits per heavy atom. The van der Waals surface area contributed by atoms with Crippen LogP contribution in [-0.4, -0.2) is 12.1 Å². The van der Waals surface area contributed by atoms with Crippen LogP contribution in [0.2, 0.25) is 0 Å². The number of rotatable bonds is 6. The molecule has 1 aliphatic heterocycles. The minimum atomic E-state index is 0.0218. The molecule has 0 aromatic carbocycles. The quantitative estimate of drug-likeness (QED) is 0.479. The third-order valence-electron chi connectivity index (χ3n) is 6.77. The summed E-state index contributed by atoms with van der Waals surface area (Å²) < 4.78 is 5.28. The largest absolute Gasteiger partial charge is 0.461 e. The van der Waals surface area contributed by atoms with Gasteiger partial charge in [0.15, 0.2) is 0 Å². The van der Waals surface area contributed by atoms with Crippen LogP contribution in [0.25, 0.3) is 0 Å². The molecule has 0 amide bonds. The van der Waals surface area contributed by atoms with Crippen molar-refractivity contribution in [2.45, 2.75) is 96.5 Å². The van der Waals surface area contributed by atoms with Gasteiger partial charge in [0.25, 0.3) is 0 Å². The number of hydrogen-bond acceptors (Lipinski definition) is 2. The van der Waals surface area contributed by atoms with Crippen LogP contribution < -0.4 is 0 Å². The molecular weight excluding hydrogens is 272 g/mol. The van der Waals surface area contributed by atoms with Crippen LogP contribution in [0.1, 0.15) is 90.4 Å². The maximum absolute atomic E-state index is 11.0. The fraction of sp³-hybridized carbons (Fsp3) is 0.950. The molecule has 3 rings (SSSR count). The fourth-order valence-electron chi connectivity index (χ4n) is 5.21. The average molecular weight is 306 g/mol. The first-order valence-corrected chi connectivity index (χ1v) is 9.95. The average Bonchev–Trinajstić information content (AvgIpc) is 2.53. The van der Waals surface area contributed by atoms with Crippen LogP contribution in [0.3, 0.4) is 0 Å². The standard InChI is InChI=1S/C20H34O2/c1-2-3-4-5-15-6-8-16(9-7-15)17-10-12-18(13-11-17)19-14-20(21)22-19/h15-19H,2-14H2,1H3/t15-,16-,17-,18+,19?. The molecule has 126 valence electrons. The number of esters is 1. The maximum atomic E-state index is 11.0. The monoisotopic (exact) mass is 306 g/mol. The van der Waals surface area contributed by atoms with E-state index in [9.17, 15) is 4.79 Å². The first-order valence-electron chi connectivity index (χ1n) is 9.95. The topological polar surface area (TPSA) is 26.3 Å². The first-order chi connectivity index (χ1) is 10.8. The number of cyclic esters (lactones) is 1. The van der Waals surface area contributed by atoms with Gasteiger partial charge in [-0.3, -0.25) is 4.79 Å². The minimum absolute atomic E-state index is 0.0218. The van der Waals surface area contributed by atoms with E-state index in [2.05, 4.69) is 6.92 Å². The van der Waals surface area contributed by atoms with Crippen LogP contribution >= 0.6 is 0 Å². The number of carbonyl (C=O) groups excluding carboxylic acids is 1. The Labute approximate surface area is 136 Å². The lowest BCUT2D eigenvalue weighted by molar-refractivity contribution is -0.176. The molecule has 1 saturated heterocycles. The van der Waals surface area contributed by atoms with Crippen molar-refractivity contribution in [1.29, 1.82) is 0 Å². The maximum Gasteiger partial charge on any atom is 0.309 e. The van der Waals surface area contributed by atoms with Gasteiger partial charge >= 0.3 is 5.97 Å². The smallest absolute Gasteiger partial charge is 0.309 e. The van der Waals surface area contributed by atoms with Crippen molar-refractivity contribution in [3.8, 4) is 0 Å². The summed E-state index contributed by atoms with van der Waals surface area (Å²) in [6, 6.07) is 0. The Morgan fingerprint density at radius 3 is 1.95 bits per heavy atom. The summed E-state index contributed by atoms with van der Waals surface area (Å²) in [5.41, 5.74) is 0. The second-order valence-electron chi connectivity index (χ2n) is 8.18. The van der Waals surface area contributed by atoms with Gasteiger partial charge in [-0.1, -0.05) is 45.4 Å². The highest BCUT2D eigenvalue weighted by atomic mass is 16.6. The van der Waals surface area contributed by atoms with Crippen molar-refractivity contribution >= 4 is 5.97 Å². The molecule has 0 radical (unpaired) electrons. The van der Waals surface area contributed by atoms with Gasteiger partial charge in [0, 0.05) is 0 Å². The Hall–Kier alpha value is -0.530. The van der Waals surface area contributed by atoms with Gasteiger partial charge in [0.2, 0.25) is 0 Å². The highest BCUT2D eigenvalue weighted by Gasteiger charge is 2.39. The molecule has 3 aliphatic rings. The predicted octanol–water partition coefficient (Wildman–Crippen LogP) is 5.50. The Bertz CT molecular complexity index is 341. The van der Waals surface area contributed by atoms with Crippen molar-refractivity contribution in [3.63, 3.8) is 0 Å². The molecule has 3 fully saturated rings. The van der Waals surface area contributed by atoms with E-state index in [1.807, 2.05) is 0 Å². The minimum Gasteiger partial charge on any atom is -0.461 e. The van der Waals surface area contributed by atoms with Crippen molar-refractivity contribution in [2.24, 2.45) is 23.7 Å². The summed E-state index contributed by atoms with van der Waals surface area (Å²) in [5, 5.41) is 0. The number of carbonyl (C=O) groups is 1. The van der Waals surface area contributed by atoms with Gasteiger partial charge in [-0.15, -0.1) is 0 Å². The van der Waals surface area contributed by atoms with Crippen molar-refractivity contribution in [3.05, 3.63) is 0 Å². The van der Waals surface area contributed by atoms with E-state index in [-0.39, 0.29) is 12.1 Å². The summed E-state index contributed by atoms with van der Waals surface area (Å²) in [6.45, 7) is 2.30. The molecule has 2 saturated carbocycles. The lowest BCUT2D eigenvalue weighted by Gasteiger charge is -2.41. The molecule has 0 aromatic heterocycles. The Morgan fingerprint density at radius 2 is 1.41 bits per heavy atom. The zero-order valence-corrected chi connectivity index (χ0v) is 14.4. The van der Waals surface area contributed by atoms with E-state index in [1.54, 1.807) is 0 Å². The molecule has 1 atom stereocenters. The third kappa shape index (κ3) is 4.06. The zero-order chi connectivity index (χ0) is 15.4. The number of unbranched alkanes of at least 4 members (excludes halogenated alkanes) is 2. The van der Waals surface area contributed by atoms with E-state index in [1.165, 1.54) is 77.0 Å². The first kappa shape index (κ1) is 16.3. The summed E-state index contributed by atoms with van der Waals surface area (Å²) in [6.07, 6.45) is 18.1. The lowest BCUT2D eigenvalue weighted by atomic mass is 9.67. The molecule has 1 unspecified atom stereocenters. The van der Waals surface area contributed by atoms with E-state index in [4.69, 9.17) is 4.74 Å². The molecule has 0 spiro atoms. The molecule has 2 aliphatic carbocycles. The second-order valence-corrected chi connectivity index (χ2v) is 8.18.